The van der Waals surface area contributed by atoms with Crippen LogP contribution in [-0.2, 0) is 14.3 Å². The third-order valence-corrected chi connectivity index (χ3v) is 6.84. The Hall–Kier alpha value is -2.31. The Labute approximate surface area is 200 Å². The SMILES string of the molecule is CCOc1cc(C2C3=C(CCCC3=O)N(CCOC)C3=C2C(=O)CCC3)cc(Cl)c1OCC. The number of ketones is 2. The lowest BCUT2D eigenvalue weighted by molar-refractivity contribution is -0.117. The monoisotopic (exact) mass is 473 g/mol. The molecule has 0 fully saturated rings. The van der Waals surface area contributed by atoms with E-state index in [4.69, 9.17) is 25.8 Å². The molecule has 2 aliphatic carbocycles. The average molecular weight is 474 g/mol. The van der Waals surface area contributed by atoms with Crippen molar-refractivity contribution >= 4 is 23.2 Å². The van der Waals surface area contributed by atoms with Gasteiger partial charge >= 0.3 is 0 Å². The van der Waals surface area contributed by atoms with Gasteiger partial charge in [0.1, 0.15) is 0 Å². The van der Waals surface area contributed by atoms with E-state index in [9.17, 15) is 9.59 Å². The summed E-state index contributed by atoms with van der Waals surface area (Å²) < 4.78 is 17.0. The molecule has 0 radical (unpaired) electrons. The molecule has 0 saturated carbocycles. The van der Waals surface area contributed by atoms with Crippen LogP contribution in [0.2, 0.25) is 5.02 Å². The van der Waals surface area contributed by atoms with E-state index in [1.54, 1.807) is 7.11 Å². The number of halogens is 1. The average Bonchev–Trinajstić information content (AvgIpc) is 2.80. The van der Waals surface area contributed by atoms with Crippen molar-refractivity contribution in [1.82, 2.24) is 4.90 Å². The summed E-state index contributed by atoms with van der Waals surface area (Å²) in [5.41, 5.74) is 4.33. The summed E-state index contributed by atoms with van der Waals surface area (Å²) in [7, 11) is 1.67. The molecule has 0 N–H and O–H groups in total. The van der Waals surface area contributed by atoms with Gasteiger partial charge in [0.15, 0.2) is 23.1 Å². The van der Waals surface area contributed by atoms with E-state index in [2.05, 4.69) is 4.90 Å². The number of allylic oxidation sites excluding steroid dienone is 4. The third-order valence-electron chi connectivity index (χ3n) is 6.56. The van der Waals surface area contributed by atoms with Crippen LogP contribution in [0.25, 0.3) is 0 Å². The van der Waals surface area contributed by atoms with E-state index in [0.29, 0.717) is 55.7 Å². The lowest BCUT2D eigenvalue weighted by Crippen LogP contribution is -2.40. The Bertz CT molecular complexity index is 968. The second-order valence-corrected chi connectivity index (χ2v) is 8.95. The van der Waals surface area contributed by atoms with Gasteiger partial charge in [-0.1, -0.05) is 11.6 Å². The largest absolute Gasteiger partial charge is 0.490 e. The number of rotatable bonds is 8. The molecule has 1 aromatic carbocycles. The van der Waals surface area contributed by atoms with Crippen LogP contribution in [0, 0.1) is 0 Å². The van der Waals surface area contributed by atoms with Crippen molar-refractivity contribution in [1.29, 1.82) is 0 Å². The molecule has 1 heterocycles. The van der Waals surface area contributed by atoms with E-state index < -0.39 is 5.92 Å². The first-order valence-electron chi connectivity index (χ1n) is 11.9. The maximum atomic E-state index is 13.3. The van der Waals surface area contributed by atoms with Crippen molar-refractivity contribution < 1.29 is 23.8 Å². The molecule has 3 aliphatic rings. The van der Waals surface area contributed by atoms with Crippen molar-refractivity contribution in [3.05, 3.63) is 45.3 Å². The van der Waals surface area contributed by atoms with E-state index in [1.807, 2.05) is 26.0 Å². The maximum Gasteiger partial charge on any atom is 0.179 e. The number of ether oxygens (including phenoxy) is 3. The minimum Gasteiger partial charge on any atom is -0.490 e. The highest BCUT2D eigenvalue weighted by atomic mass is 35.5. The molecule has 0 spiro atoms. The smallest absolute Gasteiger partial charge is 0.179 e. The first-order chi connectivity index (χ1) is 16.0. The highest BCUT2D eigenvalue weighted by molar-refractivity contribution is 6.32. The van der Waals surface area contributed by atoms with Crippen molar-refractivity contribution in [3.8, 4) is 11.5 Å². The molecule has 33 heavy (non-hydrogen) atoms. The lowest BCUT2D eigenvalue weighted by Gasteiger charge is -2.44. The van der Waals surface area contributed by atoms with Crippen LogP contribution in [0.4, 0.5) is 0 Å². The van der Waals surface area contributed by atoms with Crippen LogP contribution < -0.4 is 9.47 Å². The maximum absolute atomic E-state index is 13.3. The standard InChI is InChI=1S/C26H32ClNO5/c1-4-32-22-15-16(14-17(27)26(22)33-5-2)23-24-18(8-6-10-20(24)29)28(12-13-31-3)19-9-7-11-21(30)25(19)23/h14-15,23H,4-13H2,1-3H3. The molecule has 0 saturated heterocycles. The fraction of sp³-hybridized carbons (Fsp3) is 0.538. The number of carbonyl (C=O) groups is 2. The molecule has 0 bridgehead atoms. The predicted octanol–water partition coefficient (Wildman–Crippen LogP) is 5.20. The van der Waals surface area contributed by atoms with E-state index >= 15 is 0 Å². The zero-order valence-electron chi connectivity index (χ0n) is 19.7. The van der Waals surface area contributed by atoms with Gasteiger partial charge in [0.2, 0.25) is 0 Å². The van der Waals surface area contributed by atoms with Gasteiger partial charge in [0.25, 0.3) is 0 Å². The molecule has 7 heteroatoms. The number of hydrogen-bond acceptors (Lipinski definition) is 6. The summed E-state index contributed by atoms with van der Waals surface area (Å²) >= 11 is 6.65. The molecule has 0 amide bonds. The highest BCUT2D eigenvalue weighted by Crippen LogP contribution is 2.51. The fourth-order valence-electron chi connectivity index (χ4n) is 5.30. The molecule has 0 aromatic heterocycles. The molecule has 1 aromatic rings. The second-order valence-electron chi connectivity index (χ2n) is 8.55. The van der Waals surface area contributed by atoms with Crippen LogP contribution in [0.15, 0.2) is 34.7 Å². The molecule has 0 atom stereocenters. The number of carbonyl (C=O) groups excluding carboxylic acids is 2. The first kappa shape index (κ1) is 23.8. The van der Waals surface area contributed by atoms with E-state index in [0.717, 1.165) is 53.8 Å². The van der Waals surface area contributed by atoms with Crippen molar-refractivity contribution in [2.75, 3.05) is 33.5 Å². The van der Waals surface area contributed by atoms with Gasteiger partial charge in [-0.25, -0.2) is 0 Å². The van der Waals surface area contributed by atoms with Gasteiger partial charge in [-0.3, -0.25) is 9.59 Å². The van der Waals surface area contributed by atoms with Gasteiger partial charge in [-0.05, 0) is 57.2 Å². The Morgan fingerprint density at radius 2 is 1.55 bits per heavy atom. The van der Waals surface area contributed by atoms with Crippen LogP contribution >= 0.6 is 11.6 Å². The van der Waals surface area contributed by atoms with Gasteiger partial charge < -0.3 is 19.1 Å². The van der Waals surface area contributed by atoms with Gasteiger partial charge in [0.05, 0.1) is 24.8 Å². The minimum absolute atomic E-state index is 0.108. The van der Waals surface area contributed by atoms with Crippen molar-refractivity contribution in [2.24, 2.45) is 0 Å². The highest BCUT2D eigenvalue weighted by Gasteiger charge is 2.43. The zero-order chi connectivity index (χ0) is 23.5. The number of nitrogens with zero attached hydrogens (tertiary/aromatic N) is 1. The molecule has 0 unspecified atom stereocenters. The quantitative estimate of drug-likeness (QED) is 0.517. The summed E-state index contributed by atoms with van der Waals surface area (Å²) in [5, 5.41) is 0.426. The van der Waals surface area contributed by atoms with Crippen LogP contribution in [0.5, 0.6) is 11.5 Å². The van der Waals surface area contributed by atoms with Gasteiger partial charge in [0, 0.05) is 55.0 Å². The number of hydrogen-bond donors (Lipinski definition) is 0. The summed E-state index contributed by atoms with van der Waals surface area (Å²) in [5.74, 6) is 0.824. The Kier molecular flexibility index (Phi) is 7.45. The molecule has 6 nitrogen and oxygen atoms in total. The molecule has 1 aliphatic heterocycles. The minimum atomic E-state index is -0.429. The van der Waals surface area contributed by atoms with Gasteiger partial charge in [-0.15, -0.1) is 0 Å². The Morgan fingerprint density at radius 3 is 2.09 bits per heavy atom. The Morgan fingerprint density at radius 1 is 0.939 bits per heavy atom. The number of Topliss-reactive ketones (excluding diaryl/α,β-unsaturated/α-hetero) is 2. The normalized spacial score (nSPS) is 19.1. The summed E-state index contributed by atoms with van der Waals surface area (Å²) in [6, 6.07) is 3.73. The van der Waals surface area contributed by atoms with Crippen LogP contribution in [0.3, 0.4) is 0 Å². The van der Waals surface area contributed by atoms with Crippen molar-refractivity contribution in [2.45, 2.75) is 58.3 Å². The van der Waals surface area contributed by atoms with E-state index in [-0.39, 0.29) is 11.6 Å². The number of benzene rings is 1. The molecule has 4 rings (SSSR count). The zero-order valence-corrected chi connectivity index (χ0v) is 20.4. The fourth-order valence-corrected chi connectivity index (χ4v) is 5.58. The Balaban J connectivity index is 1.93. The molecular weight excluding hydrogens is 442 g/mol. The summed E-state index contributed by atoms with van der Waals surface area (Å²) in [4.78, 5) is 28.9. The second kappa shape index (κ2) is 10.3. The van der Waals surface area contributed by atoms with Gasteiger partial charge in [-0.2, -0.15) is 0 Å². The van der Waals surface area contributed by atoms with E-state index in [1.165, 1.54) is 0 Å². The van der Waals surface area contributed by atoms with Crippen molar-refractivity contribution in [3.63, 3.8) is 0 Å². The van der Waals surface area contributed by atoms with Crippen LogP contribution in [-0.4, -0.2) is 49.9 Å². The topological polar surface area (TPSA) is 65.1 Å². The number of methoxy groups -OCH3 is 1. The molecule has 178 valence electrons. The molecular formula is C26H32ClNO5. The first-order valence-corrected chi connectivity index (χ1v) is 12.3. The predicted molar refractivity (Wildman–Crippen MR) is 127 cm³/mol. The third kappa shape index (κ3) is 4.43. The van der Waals surface area contributed by atoms with Crippen LogP contribution in [0.1, 0.15) is 63.9 Å². The summed E-state index contributed by atoms with van der Waals surface area (Å²) in [6.07, 6.45) is 4.25. The summed E-state index contributed by atoms with van der Waals surface area (Å²) in [6.45, 7) is 5.87. The lowest BCUT2D eigenvalue weighted by atomic mass is 9.71.